The van der Waals surface area contributed by atoms with Crippen molar-refractivity contribution >= 4 is 60.8 Å². The standard InChI is InChI=1S/C16H14BrN3OS2/c1-9-3-4-12(11(17)7-9)20-15(21)10(2)23-16-14-13(5-6-22-14)18-8-19-16/h3-8,10H,1-2H3,(H,20,21). The van der Waals surface area contributed by atoms with Gasteiger partial charge in [-0.3, -0.25) is 4.79 Å². The third-order valence-electron chi connectivity index (χ3n) is 3.25. The van der Waals surface area contributed by atoms with Gasteiger partial charge in [-0.05, 0) is 58.9 Å². The van der Waals surface area contributed by atoms with Gasteiger partial charge in [-0.1, -0.05) is 17.8 Å². The first kappa shape index (κ1) is 16.4. The van der Waals surface area contributed by atoms with E-state index in [1.807, 2.05) is 43.5 Å². The van der Waals surface area contributed by atoms with Crippen molar-refractivity contribution in [2.75, 3.05) is 5.32 Å². The van der Waals surface area contributed by atoms with Gasteiger partial charge in [0.25, 0.3) is 0 Å². The maximum atomic E-state index is 12.4. The predicted octanol–water partition coefficient (Wildman–Crippen LogP) is 4.88. The van der Waals surface area contributed by atoms with Gasteiger partial charge in [0.2, 0.25) is 5.91 Å². The first-order chi connectivity index (χ1) is 11.0. The van der Waals surface area contributed by atoms with Crippen LogP contribution in [0.15, 0.2) is 45.5 Å². The molecule has 0 aliphatic carbocycles. The van der Waals surface area contributed by atoms with Gasteiger partial charge in [-0.2, -0.15) is 0 Å². The minimum Gasteiger partial charge on any atom is -0.324 e. The van der Waals surface area contributed by atoms with Crippen molar-refractivity contribution < 1.29 is 4.79 Å². The summed E-state index contributed by atoms with van der Waals surface area (Å²) in [5.74, 6) is -0.0529. The Morgan fingerprint density at radius 1 is 1.35 bits per heavy atom. The van der Waals surface area contributed by atoms with Crippen LogP contribution in [-0.2, 0) is 4.79 Å². The Bertz CT molecular complexity index is 865. The number of aryl methyl sites for hydroxylation is 1. The quantitative estimate of drug-likeness (QED) is 0.494. The second-order valence-corrected chi connectivity index (χ2v) is 8.15. The number of thioether (sulfide) groups is 1. The second-order valence-electron chi connectivity index (χ2n) is 5.05. The lowest BCUT2D eigenvalue weighted by Gasteiger charge is -2.13. The molecule has 1 aromatic carbocycles. The summed E-state index contributed by atoms with van der Waals surface area (Å²) in [7, 11) is 0. The molecule has 1 N–H and O–H groups in total. The Balaban J connectivity index is 1.74. The number of thiophene rings is 1. The van der Waals surface area contributed by atoms with Crippen LogP contribution in [0.5, 0.6) is 0 Å². The highest BCUT2D eigenvalue weighted by Crippen LogP contribution is 2.32. The number of anilines is 1. The Hall–Kier alpha value is -1.44. The Morgan fingerprint density at radius 3 is 2.96 bits per heavy atom. The number of amides is 1. The predicted molar refractivity (Wildman–Crippen MR) is 100 cm³/mol. The molecule has 0 bridgehead atoms. The van der Waals surface area contributed by atoms with Crippen LogP contribution >= 0.6 is 39.0 Å². The average molecular weight is 408 g/mol. The number of rotatable bonds is 4. The molecule has 3 rings (SSSR count). The number of fused-ring (bicyclic) bond motifs is 1. The molecule has 1 unspecified atom stereocenters. The van der Waals surface area contributed by atoms with Crippen molar-refractivity contribution in [3.63, 3.8) is 0 Å². The van der Waals surface area contributed by atoms with Gasteiger partial charge in [0, 0.05) is 4.47 Å². The highest BCUT2D eigenvalue weighted by Gasteiger charge is 2.18. The van der Waals surface area contributed by atoms with Crippen LogP contribution in [-0.4, -0.2) is 21.1 Å². The summed E-state index contributed by atoms with van der Waals surface area (Å²) in [5.41, 5.74) is 2.83. The summed E-state index contributed by atoms with van der Waals surface area (Å²) >= 11 is 6.52. The molecule has 0 fully saturated rings. The molecule has 0 spiro atoms. The molecule has 0 saturated heterocycles. The van der Waals surface area contributed by atoms with Gasteiger partial charge >= 0.3 is 0 Å². The normalized spacial score (nSPS) is 12.3. The minimum atomic E-state index is -0.261. The summed E-state index contributed by atoms with van der Waals surface area (Å²) in [6.07, 6.45) is 1.54. The van der Waals surface area contributed by atoms with Crippen LogP contribution in [0.25, 0.3) is 10.2 Å². The van der Waals surface area contributed by atoms with E-state index in [0.717, 1.165) is 31.0 Å². The molecule has 1 amide bonds. The van der Waals surface area contributed by atoms with Crippen LogP contribution < -0.4 is 5.32 Å². The van der Waals surface area contributed by atoms with Crippen molar-refractivity contribution in [3.05, 3.63) is 46.0 Å². The number of hydrogen-bond donors (Lipinski definition) is 1. The third-order valence-corrected chi connectivity index (χ3v) is 6.05. The molecule has 0 radical (unpaired) electrons. The monoisotopic (exact) mass is 407 g/mol. The van der Waals surface area contributed by atoms with E-state index in [9.17, 15) is 4.79 Å². The second kappa shape index (κ2) is 6.98. The Kier molecular flexibility index (Phi) is 4.99. The van der Waals surface area contributed by atoms with Gasteiger partial charge in [0.1, 0.15) is 11.4 Å². The Morgan fingerprint density at radius 2 is 2.17 bits per heavy atom. The summed E-state index contributed by atoms with van der Waals surface area (Å²) in [4.78, 5) is 21.0. The molecule has 2 aromatic heterocycles. The number of hydrogen-bond acceptors (Lipinski definition) is 5. The van der Waals surface area contributed by atoms with Crippen LogP contribution in [0.3, 0.4) is 0 Å². The van der Waals surface area contributed by atoms with Crippen molar-refractivity contribution in [1.82, 2.24) is 9.97 Å². The number of benzene rings is 1. The van der Waals surface area contributed by atoms with E-state index in [1.54, 1.807) is 17.7 Å². The van der Waals surface area contributed by atoms with Gasteiger partial charge < -0.3 is 5.32 Å². The zero-order valence-electron chi connectivity index (χ0n) is 12.5. The van der Waals surface area contributed by atoms with Gasteiger partial charge in [-0.15, -0.1) is 11.3 Å². The van der Waals surface area contributed by atoms with Crippen molar-refractivity contribution in [3.8, 4) is 0 Å². The zero-order valence-corrected chi connectivity index (χ0v) is 15.8. The van der Waals surface area contributed by atoms with Crippen LogP contribution in [0.1, 0.15) is 12.5 Å². The molecule has 2 heterocycles. The lowest BCUT2D eigenvalue weighted by molar-refractivity contribution is -0.115. The zero-order chi connectivity index (χ0) is 16.4. The first-order valence-electron chi connectivity index (χ1n) is 6.96. The van der Waals surface area contributed by atoms with Crippen LogP contribution in [0, 0.1) is 6.92 Å². The SMILES string of the molecule is Cc1ccc(NC(=O)C(C)Sc2ncnc3ccsc23)c(Br)c1. The molecular weight excluding hydrogens is 394 g/mol. The smallest absolute Gasteiger partial charge is 0.237 e. The highest BCUT2D eigenvalue weighted by molar-refractivity contribution is 9.10. The van der Waals surface area contributed by atoms with Crippen molar-refractivity contribution in [2.45, 2.75) is 24.1 Å². The molecule has 0 aliphatic heterocycles. The fourth-order valence-corrected chi connectivity index (χ4v) is 4.46. The summed E-state index contributed by atoms with van der Waals surface area (Å²) < 4.78 is 1.90. The molecule has 3 aromatic rings. The average Bonchev–Trinajstić information content (AvgIpc) is 2.99. The molecule has 0 saturated carbocycles. The molecule has 4 nitrogen and oxygen atoms in total. The summed E-state index contributed by atoms with van der Waals surface area (Å²) in [6, 6.07) is 7.81. The van der Waals surface area contributed by atoms with Crippen LogP contribution in [0.4, 0.5) is 5.69 Å². The fraction of sp³-hybridized carbons (Fsp3) is 0.188. The largest absolute Gasteiger partial charge is 0.324 e. The lowest BCUT2D eigenvalue weighted by atomic mass is 10.2. The number of halogens is 1. The van der Waals surface area contributed by atoms with E-state index in [2.05, 4.69) is 31.2 Å². The highest BCUT2D eigenvalue weighted by atomic mass is 79.9. The van der Waals surface area contributed by atoms with E-state index >= 15 is 0 Å². The van der Waals surface area contributed by atoms with Crippen molar-refractivity contribution in [1.29, 1.82) is 0 Å². The molecule has 0 aliphatic rings. The summed E-state index contributed by atoms with van der Waals surface area (Å²) in [6.45, 7) is 3.89. The number of aromatic nitrogens is 2. The maximum Gasteiger partial charge on any atom is 0.237 e. The van der Waals surface area contributed by atoms with E-state index in [1.165, 1.54) is 11.8 Å². The topological polar surface area (TPSA) is 54.9 Å². The van der Waals surface area contributed by atoms with Gasteiger partial charge in [0.05, 0.1) is 21.2 Å². The minimum absolute atomic E-state index is 0.0529. The molecule has 23 heavy (non-hydrogen) atoms. The van der Waals surface area contributed by atoms with Crippen molar-refractivity contribution in [2.24, 2.45) is 0 Å². The van der Waals surface area contributed by atoms with Crippen LogP contribution in [0.2, 0.25) is 0 Å². The van der Waals surface area contributed by atoms with Gasteiger partial charge in [0.15, 0.2) is 0 Å². The molecule has 1 atom stereocenters. The van der Waals surface area contributed by atoms with E-state index in [-0.39, 0.29) is 11.2 Å². The number of nitrogens with one attached hydrogen (secondary N) is 1. The molecular formula is C16H14BrN3OS2. The van der Waals surface area contributed by atoms with Gasteiger partial charge in [-0.25, -0.2) is 9.97 Å². The summed E-state index contributed by atoms with van der Waals surface area (Å²) in [5, 5.41) is 5.52. The molecule has 118 valence electrons. The molecule has 7 heteroatoms. The fourth-order valence-electron chi connectivity index (χ4n) is 2.03. The lowest BCUT2D eigenvalue weighted by Crippen LogP contribution is -2.22. The number of carbonyl (C=O) groups is 1. The van der Waals surface area contributed by atoms with E-state index in [4.69, 9.17) is 0 Å². The Labute approximate surface area is 150 Å². The number of nitrogens with zero attached hydrogens (tertiary/aromatic N) is 2. The van der Waals surface area contributed by atoms with E-state index < -0.39 is 0 Å². The number of carbonyl (C=O) groups excluding carboxylic acids is 1. The van der Waals surface area contributed by atoms with E-state index in [0.29, 0.717) is 0 Å². The first-order valence-corrected chi connectivity index (χ1v) is 9.51. The third kappa shape index (κ3) is 3.73. The maximum absolute atomic E-state index is 12.4.